The van der Waals surface area contributed by atoms with Gasteiger partial charge < -0.3 is 16.0 Å². The first kappa shape index (κ1) is 19.1. The molecule has 4 rings (SSSR count). The van der Waals surface area contributed by atoms with Crippen molar-refractivity contribution in [3.63, 3.8) is 0 Å². The third-order valence-corrected chi connectivity index (χ3v) is 5.02. The van der Waals surface area contributed by atoms with Gasteiger partial charge in [-0.05, 0) is 37.9 Å². The molecular weight excluding hydrogens is 366 g/mol. The summed E-state index contributed by atoms with van der Waals surface area (Å²) in [7, 11) is 1.92. The summed E-state index contributed by atoms with van der Waals surface area (Å²) in [6.45, 7) is 3.29. The van der Waals surface area contributed by atoms with Crippen molar-refractivity contribution in [3.05, 3.63) is 42.2 Å². The number of hydrogen-bond donors (Lipinski definition) is 3. The van der Waals surface area contributed by atoms with Gasteiger partial charge in [0.2, 0.25) is 5.91 Å². The van der Waals surface area contributed by atoms with Crippen LogP contribution in [0.5, 0.6) is 0 Å². The molecule has 0 atom stereocenters. The van der Waals surface area contributed by atoms with Crippen molar-refractivity contribution in [1.82, 2.24) is 25.3 Å². The number of carbonyl (C=O) groups is 1. The molecule has 0 bridgehead atoms. The van der Waals surface area contributed by atoms with E-state index in [9.17, 15) is 4.79 Å². The van der Waals surface area contributed by atoms with Gasteiger partial charge in [0.15, 0.2) is 23.2 Å². The van der Waals surface area contributed by atoms with Crippen LogP contribution in [-0.2, 0) is 11.3 Å². The monoisotopic (exact) mass is 391 g/mol. The Bertz CT molecular complexity index is 1010. The zero-order valence-corrected chi connectivity index (χ0v) is 16.6. The molecule has 8 nitrogen and oxygen atoms in total. The van der Waals surface area contributed by atoms with Crippen LogP contribution in [0.4, 0.5) is 11.6 Å². The van der Waals surface area contributed by atoms with Crippen LogP contribution in [-0.4, -0.2) is 39.4 Å². The topological polar surface area (TPSA) is 113 Å². The summed E-state index contributed by atoms with van der Waals surface area (Å²) in [5.74, 6) is 1.51. The lowest BCUT2D eigenvalue weighted by Gasteiger charge is -2.20. The lowest BCUT2D eigenvalue weighted by atomic mass is 10.1. The molecule has 8 heteroatoms. The fraction of sp³-hybridized carbons (Fsp3) is 0.333. The Morgan fingerprint density at radius 2 is 2.00 bits per heavy atom. The molecule has 4 N–H and O–H groups in total. The number of aromatic nitrogens is 4. The van der Waals surface area contributed by atoms with E-state index in [0.29, 0.717) is 23.9 Å². The lowest BCUT2D eigenvalue weighted by molar-refractivity contribution is -0.119. The summed E-state index contributed by atoms with van der Waals surface area (Å²) < 4.78 is 0. The van der Waals surface area contributed by atoms with Crippen LogP contribution in [0.3, 0.4) is 0 Å². The fourth-order valence-corrected chi connectivity index (χ4v) is 3.27. The van der Waals surface area contributed by atoms with E-state index in [1.54, 1.807) is 17.3 Å². The van der Waals surface area contributed by atoms with Gasteiger partial charge in [0.1, 0.15) is 0 Å². The SMILES string of the molecule is CCN(C(=O)C1CC1)c1cnc(N)c(-c2ncc(-c3ccc(CNC)cc3)[nH]2)n1. The first-order chi connectivity index (χ1) is 14.1. The molecule has 1 saturated carbocycles. The number of nitrogens with two attached hydrogens (primary N) is 1. The predicted octanol–water partition coefficient (Wildman–Crippen LogP) is 2.60. The molecular formula is C21H25N7O. The summed E-state index contributed by atoms with van der Waals surface area (Å²) in [5.41, 5.74) is 9.61. The Morgan fingerprint density at radius 1 is 1.24 bits per heavy atom. The Hall–Kier alpha value is -3.26. The van der Waals surface area contributed by atoms with Crippen LogP contribution in [0.25, 0.3) is 22.8 Å². The van der Waals surface area contributed by atoms with Gasteiger partial charge >= 0.3 is 0 Å². The highest BCUT2D eigenvalue weighted by molar-refractivity contribution is 5.95. The highest BCUT2D eigenvalue weighted by Gasteiger charge is 2.34. The molecule has 2 aromatic heterocycles. The lowest BCUT2D eigenvalue weighted by Crippen LogP contribution is -2.32. The van der Waals surface area contributed by atoms with Gasteiger partial charge in [0.25, 0.3) is 0 Å². The van der Waals surface area contributed by atoms with E-state index in [2.05, 4.69) is 37.4 Å². The third-order valence-electron chi connectivity index (χ3n) is 5.02. The van der Waals surface area contributed by atoms with E-state index < -0.39 is 0 Å². The molecule has 0 unspecified atom stereocenters. The highest BCUT2D eigenvalue weighted by atomic mass is 16.2. The number of imidazole rings is 1. The minimum Gasteiger partial charge on any atom is -0.382 e. The van der Waals surface area contributed by atoms with E-state index in [1.807, 2.05) is 26.1 Å². The minimum absolute atomic E-state index is 0.0966. The van der Waals surface area contributed by atoms with E-state index in [4.69, 9.17) is 5.73 Å². The molecule has 2 heterocycles. The van der Waals surface area contributed by atoms with Crippen molar-refractivity contribution in [2.75, 3.05) is 24.2 Å². The predicted molar refractivity (Wildman–Crippen MR) is 113 cm³/mol. The minimum atomic E-state index is 0.0966. The molecule has 1 amide bonds. The van der Waals surface area contributed by atoms with Gasteiger partial charge in [-0.3, -0.25) is 9.69 Å². The standard InChI is InChI=1S/C21H25N7O/c1-3-28(21(29)15-8-9-15)17-12-24-19(22)18(27-17)20-25-11-16(26-20)14-6-4-13(5-7-14)10-23-2/h4-7,11-12,15,23H,3,8-10H2,1-2H3,(H2,22,24)(H,25,26). The summed E-state index contributed by atoms with van der Waals surface area (Å²) >= 11 is 0. The maximum Gasteiger partial charge on any atom is 0.231 e. The number of nitrogen functional groups attached to an aromatic ring is 1. The van der Waals surface area contributed by atoms with Gasteiger partial charge in [-0.25, -0.2) is 15.0 Å². The number of hydrogen-bond acceptors (Lipinski definition) is 6. The largest absolute Gasteiger partial charge is 0.382 e. The van der Waals surface area contributed by atoms with E-state index in [0.717, 1.165) is 30.6 Å². The number of H-pyrrole nitrogens is 1. The van der Waals surface area contributed by atoms with Gasteiger partial charge in [0.05, 0.1) is 18.1 Å². The zero-order valence-electron chi connectivity index (χ0n) is 16.6. The summed E-state index contributed by atoms with van der Waals surface area (Å²) in [5, 5.41) is 3.14. The molecule has 3 aromatic rings. The normalized spacial score (nSPS) is 13.4. The van der Waals surface area contributed by atoms with E-state index >= 15 is 0 Å². The van der Waals surface area contributed by atoms with Crippen LogP contribution in [0, 0.1) is 5.92 Å². The fourth-order valence-electron chi connectivity index (χ4n) is 3.27. The average Bonchev–Trinajstić information content (AvgIpc) is 3.48. The quantitative estimate of drug-likeness (QED) is 0.571. The summed E-state index contributed by atoms with van der Waals surface area (Å²) in [6.07, 6.45) is 5.19. The Kier molecular flexibility index (Phi) is 5.26. The molecule has 1 aliphatic carbocycles. The van der Waals surface area contributed by atoms with Gasteiger partial charge in [-0.1, -0.05) is 24.3 Å². The van der Waals surface area contributed by atoms with Gasteiger partial charge in [-0.15, -0.1) is 0 Å². The maximum atomic E-state index is 12.5. The van der Waals surface area contributed by atoms with Crippen molar-refractivity contribution in [3.8, 4) is 22.8 Å². The van der Waals surface area contributed by atoms with Crippen molar-refractivity contribution >= 4 is 17.5 Å². The first-order valence-corrected chi connectivity index (χ1v) is 9.84. The molecule has 0 aliphatic heterocycles. The Labute approximate surface area is 169 Å². The van der Waals surface area contributed by atoms with Crippen molar-refractivity contribution in [2.45, 2.75) is 26.3 Å². The van der Waals surface area contributed by atoms with Crippen molar-refractivity contribution in [2.24, 2.45) is 5.92 Å². The highest BCUT2D eigenvalue weighted by Crippen LogP contribution is 2.33. The molecule has 29 heavy (non-hydrogen) atoms. The molecule has 150 valence electrons. The molecule has 1 aliphatic rings. The van der Waals surface area contributed by atoms with Crippen molar-refractivity contribution < 1.29 is 4.79 Å². The van der Waals surface area contributed by atoms with Crippen LogP contribution in [0.15, 0.2) is 36.7 Å². The molecule has 0 radical (unpaired) electrons. The Balaban J connectivity index is 1.62. The second-order valence-corrected chi connectivity index (χ2v) is 7.19. The third kappa shape index (κ3) is 3.97. The van der Waals surface area contributed by atoms with E-state index in [-0.39, 0.29) is 17.6 Å². The van der Waals surface area contributed by atoms with Gasteiger partial charge in [0, 0.05) is 19.0 Å². The molecule has 1 aromatic carbocycles. The Morgan fingerprint density at radius 3 is 2.66 bits per heavy atom. The van der Waals surface area contributed by atoms with Gasteiger partial charge in [-0.2, -0.15) is 0 Å². The van der Waals surface area contributed by atoms with Crippen LogP contribution in [0.1, 0.15) is 25.3 Å². The molecule has 0 spiro atoms. The average molecular weight is 391 g/mol. The molecule has 1 fully saturated rings. The molecule has 0 saturated heterocycles. The number of nitrogens with zero attached hydrogens (tertiary/aromatic N) is 4. The second kappa shape index (κ2) is 8.00. The number of nitrogens with one attached hydrogen (secondary N) is 2. The number of anilines is 2. The summed E-state index contributed by atoms with van der Waals surface area (Å²) in [6, 6.07) is 8.23. The number of rotatable bonds is 7. The smallest absolute Gasteiger partial charge is 0.231 e. The number of aromatic amines is 1. The first-order valence-electron chi connectivity index (χ1n) is 9.84. The number of amides is 1. The van der Waals surface area contributed by atoms with Crippen LogP contribution in [0.2, 0.25) is 0 Å². The number of carbonyl (C=O) groups excluding carboxylic acids is 1. The summed E-state index contributed by atoms with van der Waals surface area (Å²) in [4.78, 5) is 30.8. The maximum absolute atomic E-state index is 12.5. The van der Waals surface area contributed by atoms with E-state index in [1.165, 1.54) is 5.56 Å². The van der Waals surface area contributed by atoms with Crippen LogP contribution < -0.4 is 16.0 Å². The van der Waals surface area contributed by atoms with Crippen molar-refractivity contribution in [1.29, 1.82) is 0 Å². The zero-order chi connectivity index (χ0) is 20.4. The number of benzene rings is 1. The van der Waals surface area contributed by atoms with Crippen LogP contribution >= 0.6 is 0 Å². The second-order valence-electron chi connectivity index (χ2n) is 7.19.